The predicted octanol–water partition coefficient (Wildman–Crippen LogP) is 3.57. The number of benzene rings is 1. The Kier molecular flexibility index (Phi) is 3.39. The first-order valence-corrected chi connectivity index (χ1v) is 9.00. The van der Waals surface area contributed by atoms with Gasteiger partial charge < -0.3 is 0 Å². The van der Waals surface area contributed by atoms with Gasteiger partial charge in [0.2, 0.25) is 0 Å². The fourth-order valence-corrected chi connectivity index (χ4v) is 4.15. The Hall–Kier alpha value is -2.91. The lowest BCUT2D eigenvalue weighted by Gasteiger charge is -2.04. The lowest BCUT2D eigenvalue weighted by molar-refractivity contribution is 0.973. The van der Waals surface area contributed by atoms with Crippen molar-refractivity contribution < 1.29 is 0 Å². The summed E-state index contributed by atoms with van der Waals surface area (Å²) >= 11 is 3.03. The maximum atomic E-state index is 4.67. The number of nitrogens with one attached hydrogen (secondary N) is 1. The molecule has 9 heteroatoms. The lowest BCUT2D eigenvalue weighted by Crippen LogP contribution is -1.89. The van der Waals surface area contributed by atoms with Crippen LogP contribution in [0.5, 0.6) is 0 Å². The third-order valence-electron chi connectivity index (χ3n) is 3.58. The van der Waals surface area contributed by atoms with Gasteiger partial charge in [0.1, 0.15) is 33.7 Å². The van der Waals surface area contributed by atoms with Crippen molar-refractivity contribution in [1.29, 1.82) is 0 Å². The van der Waals surface area contributed by atoms with Crippen molar-refractivity contribution >= 4 is 44.3 Å². The Morgan fingerprint density at radius 2 is 1.96 bits per heavy atom. The van der Waals surface area contributed by atoms with E-state index in [2.05, 4.69) is 41.2 Å². The zero-order valence-corrected chi connectivity index (χ0v) is 14.3. The molecule has 5 rings (SSSR count). The highest BCUT2D eigenvalue weighted by Gasteiger charge is 2.13. The Balaban J connectivity index is 1.66. The number of hydrogen-bond donors (Lipinski definition) is 1. The Bertz CT molecular complexity index is 1150. The number of nitrogens with zero attached hydrogens (tertiary/aromatic N) is 6. The summed E-state index contributed by atoms with van der Waals surface area (Å²) in [4.78, 5) is 23.9. The summed E-state index contributed by atoms with van der Waals surface area (Å²) in [6, 6.07) is 9.88. The maximum Gasteiger partial charge on any atom is 0.188 e. The first-order chi connectivity index (χ1) is 12.4. The van der Waals surface area contributed by atoms with E-state index in [1.54, 1.807) is 12.5 Å². The number of aromatic amines is 1. The van der Waals surface area contributed by atoms with Gasteiger partial charge in [-0.1, -0.05) is 23.1 Å². The minimum absolute atomic E-state index is 0.738. The second-order valence-corrected chi connectivity index (χ2v) is 7.18. The number of hydrogen-bond acceptors (Lipinski definition) is 8. The molecule has 0 aliphatic heterocycles. The Morgan fingerprint density at radius 3 is 2.84 bits per heavy atom. The van der Waals surface area contributed by atoms with Crippen LogP contribution in [0.2, 0.25) is 0 Å². The van der Waals surface area contributed by atoms with Crippen molar-refractivity contribution in [3.8, 4) is 10.7 Å². The zero-order valence-electron chi connectivity index (χ0n) is 12.6. The average Bonchev–Trinajstić information content (AvgIpc) is 3.30. The van der Waals surface area contributed by atoms with Crippen LogP contribution in [-0.2, 0) is 0 Å². The van der Waals surface area contributed by atoms with Crippen LogP contribution in [0.4, 0.5) is 0 Å². The lowest BCUT2D eigenvalue weighted by atomic mass is 10.2. The van der Waals surface area contributed by atoms with E-state index in [1.165, 1.54) is 29.4 Å². The summed E-state index contributed by atoms with van der Waals surface area (Å²) in [7, 11) is 0. The van der Waals surface area contributed by atoms with Gasteiger partial charge in [-0.25, -0.2) is 24.9 Å². The molecule has 0 atom stereocenters. The van der Waals surface area contributed by atoms with E-state index in [4.69, 9.17) is 0 Å². The van der Waals surface area contributed by atoms with Gasteiger partial charge in [-0.3, -0.25) is 5.10 Å². The molecular formula is C16H9N7S2. The van der Waals surface area contributed by atoms with Crippen molar-refractivity contribution in [2.45, 2.75) is 10.1 Å². The van der Waals surface area contributed by atoms with Crippen LogP contribution >= 0.6 is 23.1 Å². The van der Waals surface area contributed by atoms with Gasteiger partial charge in [0, 0.05) is 16.5 Å². The van der Waals surface area contributed by atoms with Gasteiger partial charge in [0.25, 0.3) is 0 Å². The van der Waals surface area contributed by atoms with Gasteiger partial charge in [0.15, 0.2) is 5.16 Å². The minimum Gasteiger partial charge on any atom is -0.254 e. The first kappa shape index (κ1) is 14.4. The molecule has 0 amide bonds. The van der Waals surface area contributed by atoms with Crippen LogP contribution < -0.4 is 0 Å². The molecule has 0 aliphatic carbocycles. The van der Waals surface area contributed by atoms with Crippen molar-refractivity contribution in [2.24, 2.45) is 0 Å². The summed E-state index contributed by atoms with van der Waals surface area (Å²) in [5.41, 5.74) is 2.56. The standard InChI is InChI=1S/C16H9N7S2/c1-2-12-14(17-5-1)25-15(22-12)13-10-6-9(24-16-20-8-21-23-16)3-4-11(10)18-7-19-13/h1-8H,(H,20,21,23). The maximum absolute atomic E-state index is 4.67. The highest BCUT2D eigenvalue weighted by atomic mass is 32.2. The van der Waals surface area contributed by atoms with E-state index >= 15 is 0 Å². The average molecular weight is 363 g/mol. The summed E-state index contributed by atoms with van der Waals surface area (Å²) < 4.78 is 0. The molecule has 0 radical (unpaired) electrons. The minimum atomic E-state index is 0.738. The Morgan fingerprint density at radius 1 is 0.960 bits per heavy atom. The van der Waals surface area contributed by atoms with Gasteiger partial charge in [-0.15, -0.1) is 0 Å². The smallest absolute Gasteiger partial charge is 0.188 e. The molecule has 0 bridgehead atoms. The fraction of sp³-hybridized carbons (Fsp3) is 0. The number of rotatable bonds is 3. The molecule has 120 valence electrons. The fourth-order valence-electron chi connectivity index (χ4n) is 2.50. The van der Waals surface area contributed by atoms with Crippen LogP contribution in [0.3, 0.4) is 0 Å². The van der Waals surface area contributed by atoms with Crippen molar-refractivity contribution in [3.05, 3.63) is 49.2 Å². The summed E-state index contributed by atoms with van der Waals surface area (Å²) in [5, 5.41) is 9.25. The van der Waals surface area contributed by atoms with Crippen molar-refractivity contribution in [2.75, 3.05) is 0 Å². The Labute approximate surface area is 149 Å². The van der Waals surface area contributed by atoms with Crippen LogP contribution in [-0.4, -0.2) is 35.1 Å². The molecular weight excluding hydrogens is 354 g/mol. The van der Waals surface area contributed by atoms with Crippen molar-refractivity contribution in [3.63, 3.8) is 0 Å². The van der Waals surface area contributed by atoms with E-state index < -0.39 is 0 Å². The third kappa shape index (κ3) is 2.63. The number of aromatic nitrogens is 7. The molecule has 0 saturated heterocycles. The highest BCUT2D eigenvalue weighted by molar-refractivity contribution is 7.99. The van der Waals surface area contributed by atoms with Crippen LogP contribution in [0.1, 0.15) is 0 Å². The summed E-state index contributed by atoms with van der Waals surface area (Å²) in [5.74, 6) is 0. The topological polar surface area (TPSA) is 93.1 Å². The monoisotopic (exact) mass is 363 g/mol. The van der Waals surface area contributed by atoms with E-state index in [0.717, 1.165) is 42.0 Å². The molecule has 4 aromatic heterocycles. The SMILES string of the molecule is c1cnc2sc(-c3ncnc4ccc(Sc5ncn[nH]5)cc34)nc2c1. The zero-order chi connectivity index (χ0) is 16.6. The summed E-state index contributed by atoms with van der Waals surface area (Å²) in [6.45, 7) is 0. The van der Waals surface area contributed by atoms with Crippen LogP contribution in [0.15, 0.2) is 59.2 Å². The molecule has 0 spiro atoms. The molecule has 7 nitrogen and oxygen atoms in total. The molecule has 4 heterocycles. The second kappa shape index (κ2) is 5.87. The molecule has 0 aliphatic rings. The first-order valence-electron chi connectivity index (χ1n) is 7.37. The van der Waals surface area contributed by atoms with E-state index in [-0.39, 0.29) is 0 Å². The molecule has 1 N–H and O–H groups in total. The van der Waals surface area contributed by atoms with Gasteiger partial charge >= 0.3 is 0 Å². The second-order valence-electron chi connectivity index (χ2n) is 5.14. The number of thiazole rings is 1. The van der Waals surface area contributed by atoms with E-state index in [0.29, 0.717) is 0 Å². The normalized spacial score (nSPS) is 11.4. The predicted molar refractivity (Wildman–Crippen MR) is 96.5 cm³/mol. The number of pyridine rings is 1. The van der Waals surface area contributed by atoms with Crippen LogP contribution in [0.25, 0.3) is 32.0 Å². The largest absolute Gasteiger partial charge is 0.254 e. The molecule has 1 aromatic carbocycles. The van der Waals surface area contributed by atoms with E-state index in [1.807, 2.05) is 24.3 Å². The van der Waals surface area contributed by atoms with Gasteiger partial charge in [-0.05, 0) is 30.3 Å². The number of fused-ring (bicyclic) bond motifs is 2. The third-order valence-corrected chi connectivity index (χ3v) is 5.45. The molecule has 0 saturated carbocycles. The molecule has 25 heavy (non-hydrogen) atoms. The van der Waals surface area contributed by atoms with Gasteiger partial charge in [0.05, 0.1) is 5.52 Å². The molecule has 5 aromatic rings. The molecule has 0 fully saturated rings. The quantitative estimate of drug-likeness (QED) is 0.524. The number of H-pyrrole nitrogens is 1. The summed E-state index contributed by atoms with van der Waals surface area (Å²) in [6.07, 6.45) is 4.83. The van der Waals surface area contributed by atoms with Crippen LogP contribution in [0, 0.1) is 0 Å². The van der Waals surface area contributed by atoms with E-state index in [9.17, 15) is 0 Å². The van der Waals surface area contributed by atoms with Crippen molar-refractivity contribution in [1.82, 2.24) is 35.1 Å². The van der Waals surface area contributed by atoms with Gasteiger partial charge in [-0.2, -0.15) is 5.10 Å². The highest BCUT2D eigenvalue weighted by Crippen LogP contribution is 2.34. The molecule has 0 unspecified atom stereocenters.